The Morgan fingerprint density at radius 1 is 1.24 bits per heavy atom. The van der Waals surface area contributed by atoms with Gasteiger partial charge in [0.25, 0.3) is 0 Å². The van der Waals surface area contributed by atoms with Crippen LogP contribution in [0.15, 0.2) is 30.5 Å². The second-order valence-electron chi connectivity index (χ2n) is 8.05. The van der Waals surface area contributed by atoms with E-state index in [-0.39, 0.29) is 5.84 Å². The van der Waals surface area contributed by atoms with Crippen LogP contribution in [0.5, 0.6) is 0 Å². The lowest BCUT2D eigenvalue weighted by molar-refractivity contribution is 0.246. The van der Waals surface area contributed by atoms with Crippen molar-refractivity contribution in [3.05, 3.63) is 47.3 Å². The molecule has 29 heavy (non-hydrogen) atoms. The van der Waals surface area contributed by atoms with Crippen LogP contribution in [-0.4, -0.2) is 53.7 Å². The second kappa shape index (κ2) is 9.69. The molecule has 0 unspecified atom stereocenters. The molecule has 7 heteroatoms. The van der Waals surface area contributed by atoms with Crippen LogP contribution < -0.4 is 16.0 Å². The number of hydrogen-bond donors (Lipinski definition) is 3. The molecule has 4 N–H and O–H groups in total. The summed E-state index contributed by atoms with van der Waals surface area (Å²) < 4.78 is 0. The Balaban J connectivity index is 1.79. The normalized spacial score (nSPS) is 15.0. The van der Waals surface area contributed by atoms with Gasteiger partial charge in [-0.2, -0.15) is 10.2 Å². The molecule has 3 rings (SSSR count). The summed E-state index contributed by atoms with van der Waals surface area (Å²) in [4.78, 5) is 4.76. The molecule has 1 aliphatic rings. The van der Waals surface area contributed by atoms with Crippen LogP contribution in [0.4, 0.5) is 11.4 Å². The molecule has 0 bridgehead atoms. The monoisotopic (exact) mass is 395 g/mol. The van der Waals surface area contributed by atoms with E-state index in [0.717, 1.165) is 68.3 Å². The fraction of sp³-hybridized carbons (Fsp3) is 0.500. The van der Waals surface area contributed by atoms with Gasteiger partial charge in [0.15, 0.2) is 0 Å². The van der Waals surface area contributed by atoms with Gasteiger partial charge in [-0.25, -0.2) is 0 Å². The Hall–Kier alpha value is -2.67. The molecule has 1 fully saturated rings. The number of nitrogens with zero attached hydrogens (tertiary/aromatic N) is 4. The number of rotatable bonds is 8. The maximum atomic E-state index is 8.12. The molecule has 0 atom stereocenters. The lowest BCUT2D eigenvalue weighted by Gasteiger charge is -2.37. The first-order chi connectivity index (χ1) is 14.0. The highest BCUT2D eigenvalue weighted by atomic mass is 15.3. The van der Waals surface area contributed by atoms with Crippen LogP contribution in [0.1, 0.15) is 37.6 Å². The SMILES string of the molecule is CCNc1cc(C(=N)N)c(N2CCN(Cc3cccnn3)CC2)cc1CC(C)C. The molecule has 1 aliphatic heterocycles. The Morgan fingerprint density at radius 3 is 2.59 bits per heavy atom. The van der Waals surface area contributed by atoms with Gasteiger partial charge in [0, 0.05) is 62.4 Å². The van der Waals surface area contributed by atoms with Crippen molar-refractivity contribution in [3.8, 4) is 0 Å². The van der Waals surface area contributed by atoms with Gasteiger partial charge in [-0.05, 0) is 49.1 Å². The topological polar surface area (TPSA) is 94.2 Å². The molecule has 1 aromatic heterocycles. The molecule has 0 spiro atoms. The van der Waals surface area contributed by atoms with E-state index in [0.29, 0.717) is 5.92 Å². The molecule has 156 valence electrons. The van der Waals surface area contributed by atoms with E-state index >= 15 is 0 Å². The molecular weight excluding hydrogens is 362 g/mol. The van der Waals surface area contributed by atoms with Gasteiger partial charge in [-0.15, -0.1) is 0 Å². The van der Waals surface area contributed by atoms with E-state index in [2.05, 4.69) is 58.2 Å². The van der Waals surface area contributed by atoms with Gasteiger partial charge >= 0.3 is 0 Å². The van der Waals surface area contributed by atoms with Crippen LogP contribution >= 0.6 is 0 Å². The van der Waals surface area contributed by atoms with Gasteiger partial charge in [0.2, 0.25) is 0 Å². The summed E-state index contributed by atoms with van der Waals surface area (Å²) in [6.07, 6.45) is 2.71. The standard InChI is InChI=1S/C22H33N7/c1-4-25-20-14-19(22(23)24)21(13-17(20)12-16(2)3)29-10-8-28(9-11-29)15-18-6-5-7-26-27-18/h5-7,13-14,16,25H,4,8-12,15H2,1-3H3,(H3,23,24). The van der Waals surface area contributed by atoms with E-state index in [4.69, 9.17) is 11.1 Å². The fourth-order valence-electron chi connectivity index (χ4n) is 3.87. The summed E-state index contributed by atoms with van der Waals surface area (Å²) in [5, 5.41) is 19.7. The summed E-state index contributed by atoms with van der Waals surface area (Å²) in [6, 6.07) is 8.25. The number of piperazine rings is 1. The predicted molar refractivity (Wildman–Crippen MR) is 120 cm³/mol. The van der Waals surface area contributed by atoms with Crippen molar-refractivity contribution in [1.29, 1.82) is 5.41 Å². The van der Waals surface area contributed by atoms with Crippen LogP contribution in [0, 0.1) is 11.3 Å². The van der Waals surface area contributed by atoms with Crippen molar-refractivity contribution in [2.24, 2.45) is 11.7 Å². The van der Waals surface area contributed by atoms with Gasteiger partial charge in [0.1, 0.15) is 5.84 Å². The minimum Gasteiger partial charge on any atom is -0.385 e. The fourth-order valence-corrected chi connectivity index (χ4v) is 3.87. The molecular formula is C22H33N7. The van der Waals surface area contributed by atoms with Gasteiger partial charge in [0.05, 0.1) is 5.69 Å². The van der Waals surface area contributed by atoms with Gasteiger partial charge in [-0.1, -0.05) is 13.8 Å². The summed E-state index contributed by atoms with van der Waals surface area (Å²) in [5.74, 6) is 0.685. The zero-order valence-corrected chi connectivity index (χ0v) is 17.8. The smallest absolute Gasteiger partial charge is 0.124 e. The average Bonchev–Trinajstić information content (AvgIpc) is 2.70. The average molecular weight is 396 g/mol. The van der Waals surface area contributed by atoms with Gasteiger partial charge in [-0.3, -0.25) is 10.3 Å². The molecule has 0 amide bonds. The lowest BCUT2D eigenvalue weighted by Crippen LogP contribution is -2.46. The lowest BCUT2D eigenvalue weighted by atomic mass is 9.97. The number of aromatic nitrogens is 2. The minimum atomic E-state index is 0.122. The number of amidine groups is 1. The summed E-state index contributed by atoms with van der Waals surface area (Å²) in [5.41, 5.74) is 11.3. The van der Waals surface area contributed by atoms with Crippen LogP contribution in [0.3, 0.4) is 0 Å². The molecule has 0 aliphatic carbocycles. The molecule has 2 heterocycles. The first-order valence-electron chi connectivity index (χ1n) is 10.5. The van der Waals surface area contributed by atoms with Crippen molar-refractivity contribution in [2.45, 2.75) is 33.7 Å². The van der Waals surface area contributed by atoms with E-state index in [1.54, 1.807) is 6.20 Å². The van der Waals surface area contributed by atoms with E-state index in [1.807, 2.05) is 12.1 Å². The third kappa shape index (κ3) is 5.44. The summed E-state index contributed by atoms with van der Waals surface area (Å²) >= 11 is 0. The molecule has 1 aromatic carbocycles. The molecule has 0 saturated carbocycles. The van der Waals surface area contributed by atoms with Gasteiger partial charge < -0.3 is 16.0 Å². The Labute approximate surface area is 173 Å². The van der Waals surface area contributed by atoms with E-state index in [1.165, 1.54) is 5.56 Å². The molecule has 0 radical (unpaired) electrons. The zero-order valence-electron chi connectivity index (χ0n) is 17.8. The Kier molecular flexibility index (Phi) is 7.04. The number of nitrogens with two attached hydrogens (primary N) is 1. The zero-order chi connectivity index (χ0) is 20.8. The largest absolute Gasteiger partial charge is 0.385 e. The van der Waals surface area contributed by atoms with E-state index < -0.39 is 0 Å². The van der Waals surface area contributed by atoms with Crippen molar-refractivity contribution >= 4 is 17.2 Å². The van der Waals surface area contributed by atoms with E-state index in [9.17, 15) is 0 Å². The third-order valence-corrected chi connectivity index (χ3v) is 5.23. The van der Waals surface area contributed by atoms with Crippen molar-refractivity contribution in [3.63, 3.8) is 0 Å². The van der Waals surface area contributed by atoms with Crippen molar-refractivity contribution in [2.75, 3.05) is 42.9 Å². The number of nitrogen functional groups attached to an aromatic ring is 1. The highest BCUT2D eigenvalue weighted by Gasteiger charge is 2.22. The first-order valence-corrected chi connectivity index (χ1v) is 10.5. The number of benzene rings is 1. The number of hydrogen-bond acceptors (Lipinski definition) is 6. The van der Waals surface area contributed by atoms with Crippen molar-refractivity contribution in [1.82, 2.24) is 15.1 Å². The molecule has 7 nitrogen and oxygen atoms in total. The van der Waals surface area contributed by atoms with Crippen LogP contribution in [0.2, 0.25) is 0 Å². The first kappa shape index (κ1) is 21.0. The Morgan fingerprint density at radius 2 is 2.00 bits per heavy atom. The van der Waals surface area contributed by atoms with Crippen LogP contribution in [-0.2, 0) is 13.0 Å². The van der Waals surface area contributed by atoms with Crippen LogP contribution in [0.25, 0.3) is 0 Å². The maximum Gasteiger partial charge on any atom is 0.124 e. The maximum absolute atomic E-state index is 8.12. The third-order valence-electron chi connectivity index (χ3n) is 5.23. The molecule has 1 saturated heterocycles. The second-order valence-corrected chi connectivity index (χ2v) is 8.05. The molecule has 2 aromatic rings. The van der Waals surface area contributed by atoms with Crippen molar-refractivity contribution < 1.29 is 0 Å². The summed E-state index contributed by atoms with van der Waals surface area (Å²) in [6.45, 7) is 11.9. The minimum absolute atomic E-state index is 0.122. The number of nitrogens with one attached hydrogen (secondary N) is 2. The quantitative estimate of drug-likeness (QED) is 0.470. The highest BCUT2D eigenvalue weighted by molar-refractivity contribution is 6.02. The predicted octanol–water partition coefficient (Wildman–Crippen LogP) is 2.71. The Bertz CT molecular complexity index is 811. The summed E-state index contributed by atoms with van der Waals surface area (Å²) in [7, 11) is 0. The highest BCUT2D eigenvalue weighted by Crippen LogP contribution is 2.31. The number of anilines is 2.